The topological polar surface area (TPSA) is 102 Å². The van der Waals surface area contributed by atoms with Gasteiger partial charge in [0.1, 0.15) is 5.75 Å². The Hall–Kier alpha value is -3.49. The lowest BCUT2D eigenvalue weighted by Crippen LogP contribution is -2.46. The summed E-state index contributed by atoms with van der Waals surface area (Å²) in [4.78, 5) is 23.5. The van der Waals surface area contributed by atoms with Gasteiger partial charge in [0.15, 0.2) is 17.2 Å². The minimum Gasteiger partial charge on any atom is -0.481 e. The summed E-state index contributed by atoms with van der Waals surface area (Å²) in [6, 6.07) is 14.9. The van der Waals surface area contributed by atoms with Crippen molar-refractivity contribution >= 4 is 23.5 Å². The highest BCUT2D eigenvalue weighted by atomic mass is 35.5. The van der Waals surface area contributed by atoms with Crippen LogP contribution >= 0.6 is 11.6 Å². The average Bonchev–Trinajstić information content (AvgIpc) is 3.30. The van der Waals surface area contributed by atoms with Crippen molar-refractivity contribution in [2.75, 3.05) is 6.54 Å². The number of carboxylic acid groups (broad SMARTS) is 1. The number of carboxylic acids is 1. The molecule has 9 heteroatoms. The molecule has 0 bridgehead atoms. The minimum atomic E-state index is -1.21. The molecule has 0 unspecified atom stereocenters. The summed E-state index contributed by atoms with van der Waals surface area (Å²) in [5, 5.41) is 13.0. The maximum atomic E-state index is 15.2. The van der Waals surface area contributed by atoms with Crippen LogP contribution in [0.15, 0.2) is 54.6 Å². The number of fused-ring (bicyclic) bond motifs is 1. The number of primary amides is 1. The van der Waals surface area contributed by atoms with E-state index < -0.39 is 29.1 Å². The van der Waals surface area contributed by atoms with E-state index in [2.05, 4.69) is 5.32 Å². The van der Waals surface area contributed by atoms with Crippen LogP contribution in [0.25, 0.3) is 11.1 Å². The Morgan fingerprint density at radius 1 is 1.03 bits per heavy atom. The van der Waals surface area contributed by atoms with Crippen LogP contribution in [0.4, 0.5) is 8.78 Å². The Morgan fingerprint density at radius 3 is 2.39 bits per heavy atom. The van der Waals surface area contributed by atoms with Crippen LogP contribution in [0.5, 0.6) is 5.75 Å². The molecule has 4 N–H and O–H groups in total. The average molecular weight is 541 g/mol. The number of rotatable bonds is 7. The molecule has 1 aliphatic heterocycles. The molecule has 198 valence electrons. The number of ether oxygens (including phenoxy) is 1. The van der Waals surface area contributed by atoms with Gasteiger partial charge in [0.25, 0.3) is 0 Å². The number of carbonyl (C=O) groups is 2. The van der Waals surface area contributed by atoms with E-state index in [1.165, 1.54) is 6.07 Å². The highest BCUT2D eigenvalue weighted by Gasteiger charge is 2.44. The molecule has 38 heavy (non-hydrogen) atoms. The summed E-state index contributed by atoms with van der Waals surface area (Å²) in [5.74, 6) is -3.87. The fourth-order valence-corrected chi connectivity index (χ4v) is 5.90. The Bertz CT molecular complexity index is 1390. The molecular weight excluding hydrogens is 514 g/mol. The second-order valence-electron chi connectivity index (χ2n) is 9.95. The summed E-state index contributed by atoms with van der Waals surface area (Å²) in [5.41, 5.74) is 5.76. The molecule has 0 saturated heterocycles. The van der Waals surface area contributed by atoms with Crippen molar-refractivity contribution in [3.63, 3.8) is 0 Å². The van der Waals surface area contributed by atoms with Crippen LogP contribution in [0.2, 0.25) is 5.02 Å². The fraction of sp³-hybridized carbons (Fsp3) is 0.310. The van der Waals surface area contributed by atoms with Crippen LogP contribution in [-0.4, -0.2) is 29.6 Å². The van der Waals surface area contributed by atoms with Crippen molar-refractivity contribution in [3.8, 4) is 16.9 Å². The maximum absolute atomic E-state index is 15.2. The zero-order chi connectivity index (χ0) is 27.0. The molecule has 1 aliphatic carbocycles. The molecule has 1 saturated carbocycles. The molecule has 6 nitrogen and oxygen atoms in total. The Morgan fingerprint density at radius 2 is 1.74 bits per heavy atom. The first-order chi connectivity index (χ1) is 18.2. The molecular formula is C29H27ClF2N2O4. The van der Waals surface area contributed by atoms with Crippen LogP contribution in [-0.2, 0) is 16.8 Å². The molecule has 0 radical (unpaired) electrons. The monoisotopic (exact) mass is 540 g/mol. The van der Waals surface area contributed by atoms with Gasteiger partial charge in [0.2, 0.25) is 5.91 Å². The molecule has 1 fully saturated rings. The molecule has 1 heterocycles. The van der Waals surface area contributed by atoms with Crippen LogP contribution in [0.1, 0.15) is 47.2 Å². The number of hydrogen-bond acceptors (Lipinski definition) is 4. The van der Waals surface area contributed by atoms with Crippen LogP contribution in [0.3, 0.4) is 0 Å². The number of nitrogens with one attached hydrogen (secondary N) is 1. The summed E-state index contributed by atoms with van der Waals surface area (Å²) in [6.07, 6.45) is 2.92. The van der Waals surface area contributed by atoms with Gasteiger partial charge in [-0.2, -0.15) is 0 Å². The van der Waals surface area contributed by atoms with E-state index in [1.54, 1.807) is 6.07 Å². The highest BCUT2D eigenvalue weighted by molar-refractivity contribution is 6.34. The van der Waals surface area contributed by atoms with Gasteiger partial charge in [-0.05, 0) is 55.5 Å². The van der Waals surface area contributed by atoms with E-state index in [0.29, 0.717) is 30.7 Å². The molecule has 0 spiro atoms. The third kappa shape index (κ3) is 4.74. The molecule has 5 rings (SSSR count). The van der Waals surface area contributed by atoms with Gasteiger partial charge in [0.05, 0.1) is 11.5 Å². The number of benzene rings is 3. The normalized spacial score (nSPS) is 22.5. The third-order valence-electron chi connectivity index (χ3n) is 7.65. The molecule has 1 atom stereocenters. The Kier molecular flexibility index (Phi) is 7.11. The smallest absolute Gasteiger partial charge is 0.306 e. The van der Waals surface area contributed by atoms with Gasteiger partial charge in [-0.25, -0.2) is 8.78 Å². The van der Waals surface area contributed by atoms with Crippen LogP contribution < -0.4 is 15.8 Å². The maximum Gasteiger partial charge on any atom is 0.306 e. The van der Waals surface area contributed by atoms with Gasteiger partial charge in [-0.3, -0.25) is 9.59 Å². The second-order valence-corrected chi connectivity index (χ2v) is 10.4. The summed E-state index contributed by atoms with van der Waals surface area (Å²) in [7, 11) is 0. The molecule has 1 amide bonds. The van der Waals surface area contributed by atoms with E-state index in [1.807, 2.05) is 30.3 Å². The van der Waals surface area contributed by atoms with Gasteiger partial charge < -0.3 is 20.9 Å². The lowest BCUT2D eigenvalue weighted by Gasteiger charge is -2.34. The number of nitrogens with two attached hydrogens (primary N) is 1. The minimum absolute atomic E-state index is 0.115. The number of carbonyl (C=O) groups excluding carboxylic acids is 1. The van der Waals surface area contributed by atoms with Gasteiger partial charge in [-0.1, -0.05) is 41.9 Å². The molecule has 0 aromatic heterocycles. The van der Waals surface area contributed by atoms with E-state index in [4.69, 9.17) is 22.1 Å². The molecule has 2 aliphatic rings. The lowest BCUT2D eigenvalue weighted by molar-refractivity contribution is -0.142. The number of hydrogen-bond donors (Lipinski definition) is 3. The zero-order valence-corrected chi connectivity index (χ0v) is 21.2. The van der Waals surface area contributed by atoms with Crippen molar-refractivity contribution in [2.45, 2.75) is 43.7 Å². The quantitative estimate of drug-likeness (QED) is 0.370. The van der Waals surface area contributed by atoms with Gasteiger partial charge in [0, 0.05) is 40.7 Å². The van der Waals surface area contributed by atoms with Gasteiger partial charge in [-0.15, -0.1) is 0 Å². The first-order valence-corrected chi connectivity index (χ1v) is 12.9. The van der Waals surface area contributed by atoms with E-state index in [9.17, 15) is 19.1 Å². The summed E-state index contributed by atoms with van der Waals surface area (Å²) < 4.78 is 36.2. The first kappa shape index (κ1) is 26.1. The number of aliphatic carboxylic acids is 1. The third-order valence-corrected chi connectivity index (χ3v) is 7.96. The summed E-state index contributed by atoms with van der Waals surface area (Å²) >= 11 is 6.56. The van der Waals surface area contributed by atoms with Crippen molar-refractivity contribution in [2.24, 2.45) is 11.7 Å². The standard InChI is InChI=1S/C29H27ClF2N2O4/c30-21-11-13-23-20(24(21)25-19(27(33)35)10-12-22(31)26(25)32)14-29(38-23,17-4-2-1-3-5-17)15-34-18-8-6-16(7-9-18)28(36)37/h1-5,10-13,16,18,34H,6-9,14-15H2,(H2,33,35)(H,36,37)/t16-,18+,29-/m1/s1. The van der Waals surface area contributed by atoms with Crippen molar-refractivity contribution in [3.05, 3.63) is 87.9 Å². The number of halogens is 3. The second kappa shape index (κ2) is 10.3. The lowest BCUT2D eigenvalue weighted by atomic mass is 9.83. The van der Waals surface area contributed by atoms with E-state index in [0.717, 1.165) is 30.5 Å². The van der Waals surface area contributed by atoms with Crippen molar-refractivity contribution in [1.29, 1.82) is 0 Å². The largest absolute Gasteiger partial charge is 0.481 e. The Labute approximate surface area is 223 Å². The SMILES string of the molecule is NC(=O)c1ccc(F)c(F)c1-c1c(Cl)ccc2c1C[C@@](CN[C@H]1CC[C@@H](C(=O)O)CC1)(c1ccccc1)O2. The molecule has 3 aromatic rings. The summed E-state index contributed by atoms with van der Waals surface area (Å²) in [6.45, 7) is 0.388. The van der Waals surface area contributed by atoms with Crippen LogP contribution in [0, 0.1) is 17.6 Å². The van der Waals surface area contributed by atoms with Gasteiger partial charge >= 0.3 is 5.97 Å². The van der Waals surface area contributed by atoms with Crippen molar-refractivity contribution in [1.82, 2.24) is 5.32 Å². The fourth-order valence-electron chi connectivity index (χ4n) is 5.63. The predicted octanol–water partition coefficient (Wildman–Crippen LogP) is 5.45. The predicted molar refractivity (Wildman–Crippen MR) is 139 cm³/mol. The highest BCUT2D eigenvalue weighted by Crippen LogP contribution is 2.49. The molecule has 3 aromatic carbocycles. The number of amides is 1. The van der Waals surface area contributed by atoms with E-state index in [-0.39, 0.29) is 40.1 Å². The zero-order valence-electron chi connectivity index (χ0n) is 20.5. The van der Waals surface area contributed by atoms with Crippen molar-refractivity contribution < 1.29 is 28.2 Å². The van der Waals surface area contributed by atoms with E-state index >= 15 is 4.39 Å². The first-order valence-electron chi connectivity index (χ1n) is 12.5. The Balaban J connectivity index is 1.53.